The molecule has 1 heterocycles. The number of nitrogens with two attached hydrogens (primary N) is 1. The first-order valence-corrected chi connectivity index (χ1v) is 6.94. The maximum Gasteiger partial charge on any atom is 0.170 e. The Morgan fingerprint density at radius 2 is 2.05 bits per heavy atom. The molecular weight excluding hydrogens is 238 g/mol. The van der Waals surface area contributed by atoms with Gasteiger partial charge < -0.3 is 10.9 Å². The number of hydrogen-bond donors (Lipinski definition) is 2. The highest BCUT2D eigenvalue weighted by Gasteiger charge is 2.24. The third-order valence-corrected chi connectivity index (χ3v) is 4.07. The summed E-state index contributed by atoms with van der Waals surface area (Å²) in [6.07, 6.45) is 3.86. The number of rotatable bonds is 3. The highest BCUT2D eigenvalue weighted by molar-refractivity contribution is 5.97. The van der Waals surface area contributed by atoms with Crippen LogP contribution in [0, 0.1) is 0 Å². The first-order valence-electron chi connectivity index (χ1n) is 6.94. The Labute approximate surface area is 114 Å². The van der Waals surface area contributed by atoms with Gasteiger partial charge in [0.05, 0.1) is 0 Å². The molecule has 1 fully saturated rings. The van der Waals surface area contributed by atoms with Crippen molar-refractivity contribution in [1.82, 2.24) is 4.90 Å². The number of amidine groups is 1. The number of nitrogens with zero attached hydrogens (tertiary/aromatic N) is 2. The van der Waals surface area contributed by atoms with Crippen LogP contribution in [0.5, 0.6) is 0 Å². The number of oxime groups is 1. The van der Waals surface area contributed by atoms with Crippen LogP contribution >= 0.6 is 0 Å². The van der Waals surface area contributed by atoms with E-state index in [0.29, 0.717) is 12.1 Å². The SMILES string of the molecule is C[C@@H]1CCC[C@H](C)N1Cc1cccc(/C(N)=N/O)c1. The Balaban J connectivity index is 2.14. The van der Waals surface area contributed by atoms with E-state index in [1.165, 1.54) is 24.8 Å². The van der Waals surface area contributed by atoms with Crippen LogP contribution in [0.4, 0.5) is 0 Å². The maximum absolute atomic E-state index is 8.74. The minimum atomic E-state index is 0.168. The maximum atomic E-state index is 8.74. The normalized spacial score (nSPS) is 25.5. The van der Waals surface area contributed by atoms with Crippen LogP contribution in [-0.2, 0) is 6.54 Å². The summed E-state index contributed by atoms with van der Waals surface area (Å²) in [5.74, 6) is 0.168. The van der Waals surface area contributed by atoms with Gasteiger partial charge in [0, 0.05) is 24.2 Å². The van der Waals surface area contributed by atoms with E-state index >= 15 is 0 Å². The van der Waals surface area contributed by atoms with E-state index in [1.807, 2.05) is 18.2 Å². The molecule has 0 bridgehead atoms. The van der Waals surface area contributed by atoms with Crippen molar-refractivity contribution in [3.8, 4) is 0 Å². The van der Waals surface area contributed by atoms with Crippen LogP contribution in [0.3, 0.4) is 0 Å². The van der Waals surface area contributed by atoms with E-state index < -0.39 is 0 Å². The second-order valence-corrected chi connectivity index (χ2v) is 5.49. The average molecular weight is 261 g/mol. The van der Waals surface area contributed by atoms with Crippen molar-refractivity contribution in [2.75, 3.05) is 0 Å². The summed E-state index contributed by atoms with van der Waals surface area (Å²) in [6, 6.07) is 9.17. The molecule has 19 heavy (non-hydrogen) atoms. The summed E-state index contributed by atoms with van der Waals surface area (Å²) in [7, 11) is 0. The summed E-state index contributed by atoms with van der Waals surface area (Å²) >= 11 is 0. The van der Waals surface area contributed by atoms with Crippen molar-refractivity contribution in [2.45, 2.75) is 51.7 Å². The Bertz CT molecular complexity index is 448. The Hall–Kier alpha value is -1.55. The standard InChI is InChI=1S/C15H23N3O/c1-11-5-3-6-12(2)18(11)10-13-7-4-8-14(9-13)15(16)17-19/h4,7-9,11-12,19H,3,5-6,10H2,1-2H3,(H2,16,17)/t11-,12+. The van der Waals surface area contributed by atoms with Crippen molar-refractivity contribution in [3.05, 3.63) is 35.4 Å². The van der Waals surface area contributed by atoms with Crippen molar-refractivity contribution in [3.63, 3.8) is 0 Å². The average Bonchev–Trinajstić information content (AvgIpc) is 2.42. The minimum absolute atomic E-state index is 0.168. The lowest BCUT2D eigenvalue weighted by Gasteiger charge is -2.39. The van der Waals surface area contributed by atoms with Gasteiger partial charge >= 0.3 is 0 Å². The van der Waals surface area contributed by atoms with Crippen molar-refractivity contribution in [1.29, 1.82) is 0 Å². The number of benzene rings is 1. The Morgan fingerprint density at radius 3 is 2.68 bits per heavy atom. The Kier molecular flexibility index (Phi) is 4.43. The molecule has 1 saturated heterocycles. The fourth-order valence-corrected chi connectivity index (χ4v) is 2.88. The fraction of sp³-hybridized carbons (Fsp3) is 0.533. The van der Waals surface area contributed by atoms with Crippen molar-refractivity contribution >= 4 is 5.84 Å². The quantitative estimate of drug-likeness (QED) is 0.380. The van der Waals surface area contributed by atoms with Crippen LogP contribution in [0.25, 0.3) is 0 Å². The summed E-state index contributed by atoms with van der Waals surface area (Å²) in [4.78, 5) is 2.54. The third kappa shape index (κ3) is 3.26. The van der Waals surface area contributed by atoms with Gasteiger partial charge in [-0.2, -0.15) is 0 Å². The highest BCUT2D eigenvalue weighted by atomic mass is 16.4. The van der Waals surface area contributed by atoms with Gasteiger partial charge in [-0.25, -0.2) is 0 Å². The van der Waals surface area contributed by atoms with E-state index in [9.17, 15) is 0 Å². The molecule has 1 aliphatic rings. The predicted molar refractivity (Wildman–Crippen MR) is 77.3 cm³/mol. The highest BCUT2D eigenvalue weighted by Crippen LogP contribution is 2.24. The van der Waals surface area contributed by atoms with E-state index in [2.05, 4.69) is 30.0 Å². The molecule has 104 valence electrons. The van der Waals surface area contributed by atoms with E-state index in [1.54, 1.807) is 0 Å². The van der Waals surface area contributed by atoms with Gasteiger partial charge in [0.15, 0.2) is 5.84 Å². The van der Waals surface area contributed by atoms with Crippen molar-refractivity contribution < 1.29 is 5.21 Å². The van der Waals surface area contributed by atoms with Gasteiger partial charge in [0.1, 0.15) is 0 Å². The number of piperidine rings is 1. The molecule has 2 rings (SSSR count). The minimum Gasteiger partial charge on any atom is -0.409 e. The summed E-state index contributed by atoms with van der Waals surface area (Å²) in [6.45, 7) is 5.51. The second-order valence-electron chi connectivity index (χ2n) is 5.49. The monoisotopic (exact) mass is 261 g/mol. The lowest BCUT2D eigenvalue weighted by molar-refractivity contribution is 0.0953. The van der Waals surface area contributed by atoms with Gasteiger partial charge in [-0.3, -0.25) is 4.90 Å². The molecular formula is C15H23N3O. The van der Waals surface area contributed by atoms with Gasteiger partial charge in [-0.15, -0.1) is 0 Å². The fourth-order valence-electron chi connectivity index (χ4n) is 2.88. The van der Waals surface area contributed by atoms with E-state index in [-0.39, 0.29) is 5.84 Å². The smallest absolute Gasteiger partial charge is 0.170 e. The molecule has 0 saturated carbocycles. The first-order chi connectivity index (χ1) is 9.11. The van der Waals surface area contributed by atoms with Gasteiger partial charge in [-0.1, -0.05) is 29.8 Å². The van der Waals surface area contributed by atoms with Gasteiger partial charge in [0.2, 0.25) is 0 Å². The van der Waals surface area contributed by atoms with Crippen LogP contribution in [0.1, 0.15) is 44.2 Å². The molecule has 0 amide bonds. The molecule has 4 nitrogen and oxygen atoms in total. The molecule has 1 aliphatic heterocycles. The Morgan fingerprint density at radius 1 is 1.37 bits per heavy atom. The summed E-state index contributed by atoms with van der Waals surface area (Å²) in [5.41, 5.74) is 7.63. The molecule has 1 aromatic rings. The van der Waals surface area contributed by atoms with E-state index in [4.69, 9.17) is 10.9 Å². The third-order valence-electron chi connectivity index (χ3n) is 4.07. The number of likely N-dealkylation sites (tertiary alicyclic amines) is 1. The van der Waals surface area contributed by atoms with Gasteiger partial charge in [-0.05, 0) is 38.3 Å². The molecule has 0 spiro atoms. The van der Waals surface area contributed by atoms with E-state index in [0.717, 1.165) is 12.1 Å². The van der Waals surface area contributed by atoms with Crippen LogP contribution in [0.2, 0.25) is 0 Å². The molecule has 0 unspecified atom stereocenters. The molecule has 3 N–H and O–H groups in total. The number of hydrogen-bond acceptors (Lipinski definition) is 3. The zero-order chi connectivity index (χ0) is 13.8. The zero-order valence-electron chi connectivity index (χ0n) is 11.7. The topological polar surface area (TPSA) is 61.8 Å². The van der Waals surface area contributed by atoms with Gasteiger partial charge in [0.25, 0.3) is 0 Å². The molecule has 0 aliphatic carbocycles. The summed E-state index contributed by atoms with van der Waals surface area (Å²) in [5, 5.41) is 11.8. The lowest BCUT2D eigenvalue weighted by Crippen LogP contribution is -2.42. The molecule has 2 atom stereocenters. The largest absolute Gasteiger partial charge is 0.409 e. The molecule has 4 heteroatoms. The molecule has 0 radical (unpaired) electrons. The van der Waals surface area contributed by atoms with Crippen LogP contribution in [0.15, 0.2) is 29.4 Å². The second kappa shape index (κ2) is 6.06. The lowest BCUT2D eigenvalue weighted by atomic mass is 9.96. The molecule has 1 aromatic carbocycles. The molecule has 0 aromatic heterocycles. The predicted octanol–water partition coefficient (Wildman–Crippen LogP) is 2.54. The zero-order valence-corrected chi connectivity index (χ0v) is 11.7. The first kappa shape index (κ1) is 13.9. The van der Waals surface area contributed by atoms with Crippen LogP contribution in [-0.4, -0.2) is 28.0 Å². The van der Waals surface area contributed by atoms with Crippen LogP contribution < -0.4 is 5.73 Å². The van der Waals surface area contributed by atoms with Crippen molar-refractivity contribution in [2.24, 2.45) is 10.9 Å². The summed E-state index contributed by atoms with van der Waals surface area (Å²) < 4.78 is 0.